The Morgan fingerprint density at radius 2 is 1.88 bits per heavy atom. The largest absolute Gasteiger partial charge is 0.368 e. The van der Waals surface area contributed by atoms with E-state index in [1.54, 1.807) is 25.3 Å². The van der Waals surface area contributed by atoms with Gasteiger partial charge in [-0.2, -0.15) is 0 Å². The van der Waals surface area contributed by atoms with Gasteiger partial charge in [0.25, 0.3) is 0 Å². The van der Waals surface area contributed by atoms with Crippen molar-refractivity contribution in [3.05, 3.63) is 71.0 Å². The molecule has 1 heterocycles. The zero-order valence-electron chi connectivity index (χ0n) is 14.0. The van der Waals surface area contributed by atoms with Crippen molar-refractivity contribution in [2.24, 2.45) is 0 Å². The summed E-state index contributed by atoms with van der Waals surface area (Å²) in [4.78, 5) is 8.09. The maximum atomic E-state index is 12.7. The van der Waals surface area contributed by atoms with Crippen LogP contribution in [0.1, 0.15) is 11.3 Å². The first kappa shape index (κ1) is 18.3. The van der Waals surface area contributed by atoms with Crippen LogP contribution in [0.4, 0.5) is 5.95 Å². The third-order valence-electron chi connectivity index (χ3n) is 3.84. The fourth-order valence-electron chi connectivity index (χ4n) is 2.50. The average molecular weight is 389 g/mol. The van der Waals surface area contributed by atoms with Crippen molar-refractivity contribution in [1.82, 2.24) is 14.7 Å². The molecular weight excluding hydrogens is 372 g/mol. The quantitative estimate of drug-likeness (QED) is 0.699. The monoisotopic (exact) mass is 388 g/mol. The van der Waals surface area contributed by atoms with Crippen molar-refractivity contribution in [2.45, 2.75) is 18.4 Å². The minimum absolute atomic E-state index is 0.00354. The van der Waals surface area contributed by atoms with Crippen molar-refractivity contribution >= 4 is 27.6 Å². The van der Waals surface area contributed by atoms with Crippen molar-refractivity contribution < 1.29 is 8.42 Å². The molecule has 26 heavy (non-hydrogen) atoms. The summed E-state index contributed by atoms with van der Waals surface area (Å²) in [5, 5.41) is 0.142. The number of nitrogens with zero attached hydrogens (tertiary/aromatic N) is 2. The van der Waals surface area contributed by atoms with Gasteiger partial charge < -0.3 is 5.73 Å². The summed E-state index contributed by atoms with van der Waals surface area (Å²) in [5.74, 6) is 0.164. The molecule has 6 nitrogen and oxygen atoms in total. The minimum atomic E-state index is -3.79. The highest BCUT2D eigenvalue weighted by molar-refractivity contribution is 7.89. The van der Waals surface area contributed by atoms with Gasteiger partial charge in [-0.25, -0.2) is 23.1 Å². The lowest BCUT2D eigenvalue weighted by molar-refractivity contribution is 0.581. The van der Waals surface area contributed by atoms with Crippen LogP contribution < -0.4 is 10.5 Å². The zero-order valence-corrected chi connectivity index (χ0v) is 15.6. The van der Waals surface area contributed by atoms with Crippen molar-refractivity contribution in [2.75, 3.05) is 5.73 Å². The van der Waals surface area contributed by atoms with Crippen LogP contribution in [-0.4, -0.2) is 18.4 Å². The summed E-state index contributed by atoms with van der Waals surface area (Å²) in [5.41, 5.74) is 8.42. The van der Waals surface area contributed by atoms with E-state index >= 15 is 0 Å². The van der Waals surface area contributed by atoms with Crippen LogP contribution >= 0.6 is 11.6 Å². The standard InChI is InChI=1S/C18H17ClN4O2S/c1-12-15(11-21-18(20)23-12)14-7-8-16(19)17(9-14)26(24,25)22-10-13-5-3-2-4-6-13/h2-9,11,22H,10H2,1H3,(H2,20,21,23). The fourth-order valence-corrected chi connectivity index (χ4v) is 4.04. The first-order valence-electron chi connectivity index (χ1n) is 7.79. The molecule has 0 atom stereocenters. The van der Waals surface area contributed by atoms with Crippen LogP contribution in [0.15, 0.2) is 59.6 Å². The maximum Gasteiger partial charge on any atom is 0.242 e. The van der Waals surface area contributed by atoms with Gasteiger partial charge in [-0.1, -0.05) is 48.0 Å². The van der Waals surface area contributed by atoms with Gasteiger partial charge in [-0.15, -0.1) is 0 Å². The Morgan fingerprint density at radius 1 is 1.15 bits per heavy atom. The number of rotatable bonds is 5. The summed E-state index contributed by atoms with van der Waals surface area (Å²) in [7, 11) is -3.79. The summed E-state index contributed by atoms with van der Waals surface area (Å²) in [6.45, 7) is 1.96. The SMILES string of the molecule is Cc1nc(N)ncc1-c1ccc(Cl)c(S(=O)(=O)NCc2ccccc2)c1. The third kappa shape index (κ3) is 4.01. The Bertz CT molecular complexity index is 1040. The second-order valence-corrected chi connectivity index (χ2v) is 7.83. The summed E-state index contributed by atoms with van der Waals surface area (Å²) in [6.07, 6.45) is 1.56. The highest BCUT2D eigenvalue weighted by Gasteiger charge is 2.19. The molecule has 0 spiro atoms. The number of nitrogen functional groups attached to an aromatic ring is 1. The lowest BCUT2D eigenvalue weighted by Crippen LogP contribution is -2.23. The van der Waals surface area contributed by atoms with E-state index in [0.29, 0.717) is 16.8 Å². The van der Waals surface area contributed by atoms with Gasteiger partial charge in [-0.3, -0.25) is 0 Å². The first-order chi connectivity index (χ1) is 12.4. The Labute approximate surface area is 157 Å². The molecule has 0 saturated heterocycles. The van der Waals surface area contributed by atoms with Crippen LogP contribution in [0.25, 0.3) is 11.1 Å². The molecule has 3 aromatic rings. The van der Waals surface area contributed by atoms with E-state index in [-0.39, 0.29) is 22.4 Å². The van der Waals surface area contributed by atoms with Gasteiger partial charge in [0.2, 0.25) is 16.0 Å². The van der Waals surface area contributed by atoms with E-state index in [9.17, 15) is 8.42 Å². The molecule has 0 aliphatic rings. The van der Waals surface area contributed by atoms with Crippen LogP contribution in [0, 0.1) is 6.92 Å². The zero-order chi connectivity index (χ0) is 18.7. The van der Waals surface area contributed by atoms with E-state index in [4.69, 9.17) is 17.3 Å². The molecule has 0 aliphatic carbocycles. The van der Waals surface area contributed by atoms with Gasteiger partial charge in [-0.05, 0) is 30.2 Å². The fraction of sp³-hybridized carbons (Fsp3) is 0.111. The summed E-state index contributed by atoms with van der Waals surface area (Å²) < 4.78 is 28.0. The number of nitrogens with one attached hydrogen (secondary N) is 1. The van der Waals surface area contributed by atoms with Gasteiger partial charge in [0, 0.05) is 18.3 Å². The smallest absolute Gasteiger partial charge is 0.242 e. The van der Waals surface area contributed by atoms with Crippen LogP contribution in [0.5, 0.6) is 0 Å². The number of hydrogen-bond donors (Lipinski definition) is 2. The predicted octanol–water partition coefficient (Wildman–Crippen LogP) is 3.17. The van der Waals surface area contributed by atoms with Gasteiger partial charge in [0.05, 0.1) is 10.7 Å². The molecule has 134 valence electrons. The Morgan fingerprint density at radius 3 is 2.58 bits per heavy atom. The molecule has 0 bridgehead atoms. The lowest BCUT2D eigenvalue weighted by Gasteiger charge is -2.11. The number of benzene rings is 2. The van der Waals surface area contributed by atoms with E-state index in [1.165, 1.54) is 6.07 Å². The molecular formula is C18H17ClN4O2S. The number of nitrogens with two attached hydrogens (primary N) is 1. The van der Waals surface area contributed by atoms with Gasteiger partial charge in [0.15, 0.2) is 0 Å². The maximum absolute atomic E-state index is 12.7. The molecule has 0 fully saturated rings. The molecule has 0 saturated carbocycles. The number of hydrogen-bond acceptors (Lipinski definition) is 5. The van der Waals surface area contributed by atoms with Crippen LogP contribution in [0.3, 0.4) is 0 Å². The van der Waals surface area contributed by atoms with Gasteiger partial charge >= 0.3 is 0 Å². The number of sulfonamides is 1. The Kier molecular flexibility index (Phi) is 5.22. The predicted molar refractivity (Wildman–Crippen MR) is 102 cm³/mol. The molecule has 0 radical (unpaired) electrons. The normalized spacial score (nSPS) is 11.5. The van der Waals surface area contributed by atoms with Crippen molar-refractivity contribution in [3.63, 3.8) is 0 Å². The average Bonchev–Trinajstić information content (AvgIpc) is 2.62. The topological polar surface area (TPSA) is 98.0 Å². The van der Waals surface area contributed by atoms with E-state index in [0.717, 1.165) is 5.56 Å². The Hall–Kier alpha value is -2.48. The molecule has 0 aliphatic heterocycles. The Balaban J connectivity index is 1.94. The van der Waals surface area contributed by atoms with Gasteiger partial charge in [0.1, 0.15) is 4.90 Å². The molecule has 3 N–H and O–H groups in total. The van der Waals surface area contributed by atoms with Crippen LogP contribution in [0.2, 0.25) is 5.02 Å². The third-order valence-corrected chi connectivity index (χ3v) is 5.72. The summed E-state index contributed by atoms with van der Waals surface area (Å²) in [6, 6.07) is 14.0. The van der Waals surface area contributed by atoms with Crippen molar-refractivity contribution in [1.29, 1.82) is 0 Å². The molecule has 1 aromatic heterocycles. The summed E-state index contributed by atoms with van der Waals surface area (Å²) >= 11 is 6.14. The minimum Gasteiger partial charge on any atom is -0.368 e. The molecule has 8 heteroatoms. The van der Waals surface area contributed by atoms with Crippen LogP contribution in [-0.2, 0) is 16.6 Å². The molecule has 2 aromatic carbocycles. The second-order valence-electron chi connectivity index (χ2n) is 5.68. The highest BCUT2D eigenvalue weighted by atomic mass is 35.5. The van der Waals surface area contributed by atoms with E-state index in [2.05, 4.69) is 14.7 Å². The molecule has 0 amide bonds. The van der Waals surface area contributed by atoms with Crippen molar-refractivity contribution in [3.8, 4) is 11.1 Å². The highest BCUT2D eigenvalue weighted by Crippen LogP contribution is 2.29. The van der Waals surface area contributed by atoms with E-state index in [1.807, 2.05) is 30.3 Å². The second kappa shape index (κ2) is 7.41. The number of aryl methyl sites for hydroxylation is 1. The lowest BCUT2D eigenvalue weighted by atomic mass is 10.1. The number of anilines is 1. The first-order valence-corrected chi connectivity index (χ1v) is 9.65. The molecule has 3 rings (SSSR count). The van der Waals surface area contributed by atoms with E-state index < -0.39 is 10.0 Å². The number of aromatic nitrogens is 2. The number of halogens is 1. The molecule has 0 unspecified atom stereocenters.